The first-order valence-electron chi connectivity index (χ1n) is 9.60. The van der Waals surface area contributed by atoms with E-state index >= 15 is 0 Å². The zero-order chi connectivity index (χ0) is 19.8. The monoisotopic (exact) mass is 376 g/mol. The number of ether oxygens (including phenoxy) is 3. The van der Waals surface area contributed by atoms with E-state index in [1.165, 1.54) is 7.11 Å². The van der Waals surface area contributed by atoms with E-state index in [9.17, 15) is 14.4 Å². The van der Waals surface area contributed by atoms with Gasteiger partial charge >= 0.3 is 17.9 Å². The van der Waals surface area contributed by atoms with E-state index < -0.39 is 11.0 Å². The van der Waals surface area contributed by atoms with Crippen molar-refractivity contribution in [2.45, 2.75) is 58.0 Å². The number of cyclic esters (lactones) is 1. The quantitative estimate of drug-likeness (QED) is 0.386. The van der Waals surface area contributed by atoms with Crippen LogP contribution in [-0.2, 0) is 28.6 Å². The minimum absolute atomic E-state index is 0.0978. The third-order valence-electron chi connectivity index (χ3n) is 6.87. The zero-order valence-electron chi connectivity index (χ0n) is 16.3. The molecular formula is C21H28O6. The van der Waals surface area contributed by atoms with Crippen LogP contribution in [0.4, 0.5) is 0 Å². The Balaban J connectivity index is 1.94. The smallest absolute Gasteiger partial charge is 0.334 e. The van der Waals surface area contributed by atoms with Gasteiger partial charge in [-0.05, 0) is 56.6 Å². The lowest BCUT2D eigenvalue weighted by Gasteiger charge is -2.47. The molecule has 1 saturated heterocycles. The molecule has 1 aliphatic carbocycles. The number of fused-ring (bicyclic) bond motifs is 2. The highest BCUT2D eigenvalue weighted by Crippen LogP contribution is 2.63. The number of esters is 3. The van der Waals surface area contributed by atoms with Crippen LogP contribution in [-0.4, -0.2) is 37.2 Å². The van der Waals surface area contributed by atoms with E-state index in [-0.39, 0.29) is 36.2 Å². The van der Waals surface area contributed by atoms with Gasteiger partial charge in [-0.15, -0.1) is 0 Å². The predicted molar refractivity (Wildman–Crippen MR) is 97.5 cm³/mol. The summed E-state index contributed by atoms with van der Waals surface area (Å²) in [5.74, 6) is -0.887. The first kappa shape index (κ1) is 19.6. The van der Waals surface area contributed by atoms with Gasteiger partial charge in [-0.2, -0.15) is 0 Å². The van der Waals surface area contributed by atoms with E-state index in [4.69, 9.17) is 14.2 Å². The summed E-state index contributed by atoms with van der Waals surface area (Å²) in [6.07, 6.45) is 5.05. The minimum Gasteiger partial charge on any atom is -0.469 e. The summed E-state index contributed by atoms with van der Waals surface area (Å²) in [4.78, 5) is 36.8. The summed E-state index contributed by atoms with van der Waals surface area (Å²) < 4.78 is 15.8. The van der Waals surface area contributed by atoms with E-state index in [2.05, 4.69) is 13.5 Å². The Kier molecular flexibility index (Phi) is 5.19. The maximum absolute atomic E-state index is 13.2. The highest BCUT2D eigenvalue weighted by atomic mass is 16.6. The maximum Gasteiger partial charge on any atom is 0.334 e. The van der Waals surface area contributed by atoms with Crippen LogP contribution in [0.3, 0.4) is 0 Å². The van der Waals surface area contributed by atoms with Crippen molar-refractivity contribution in [3.8, 4) is 0 Å². The summed E-state index contributed by atoms with van der Waals surface area (Å²) in [6, 6.07) is 0. The van der Waals surface area contributed by atoms with Crippen LogP contribution in [0.15, 0.2) is 23.8 Å². The number of carbonyl (C=O) groups is 3. The molecule has 6 heteroatoms. The highest BCUT2D eigenvalue weighted by molar-refractivity contribution is 5.90. The molecule has 4 unspecified atom stereocenters. The molecule has 0 spiro atoms. The third kappa shape index (κ3) is 2.99. The van der Waals surface area contributed by atoms with Crippen molar-refractivity contribution in [2.75, 3.05) is 13.7 Å². The third-order valence-corrected chi connectivity index (χ3v) is 6.87. The summed E-state index contributed by atoms with van der Waals surface area (Å²) in [6.45, 7) is 8.36. The van der Waals surface area contributed by atoms with Crippen LogP contribution in [0.5, 0.6) is 0 Å². The molecule has 0 amide bonds. The van der Waals surface area contributed by atoms with Gasteiger partial charge in [0.15, 0.2) is 0 Å². The standard InChI is InChI=1S/C21H28O6/c1-13(2)21-11-7-14(3)20(19(24)27-21,16(21)5-6-17(22)25-4)10-8-15-9-12-26-18(15)23/h9,14,16H,1,5-8,10-12H2,2-4H3. The average Bonchev–Trinajstić information content (AvgIpc) is 3.12. The Morgan fingerprint density at radius 1 is 1.41 bits per heavy atom. The van der Waals surface area contributed by atoms with Gasteiger partial charge < -0.3 is 14.2 Å². The van der Waals surface area contributed by atoms with Gasteiger partial charge in [0.05, 0.1) is 12.5 Å². The van der Waals surface area contributed by atoms with Crippen molar-refractivity contribution in [3.05, 3.63) is 23.8 Å². The summed E-state index contributed by atoms with van der Waals surface area (Å²) >= 11 is 0. The van der Waals surface area contributed by atoms with Crippen molar-refractivity contribution < 1.29 is 28.6 Å². The van der Waals surface area contributed by atoms with Crippen molar-refractivity contribution in [1.82, 2.24) is 0 Å². The molecule has 2 fully saturated rings. The molecule has 0 aromatic rings. The number of rotatable bonds is 7. The lowest BCUT2D eigenvalue weighted by molar-refractivity contribution is -0.152. The maximum atomic E-state index is 13.2. The lowest BCUT2D eigenvalue weighted by atomic mass is 9.53. The second-order valence-corrected chi connectivity index (χ2v) is 8.03. The molecule has 3 rings (SSSR count). The predicted octanol–water partition coefficient (Wildman–Crippen LogP) is 3.11. The molecule has 6 nitrogen and oxygen atoms in total. The van der Waals surface area contributed by atoms with Crippen LogP contribution >= 0.6 is 0 Å². The van der Waals surface area contributed by atoms with Crippen molar-refractivity contribution >= 4 is 17.9 Å². The second-order valence-electron chi connectivity index (χ2n) is 8.03. The number of carbonyl (C=O) groups excluding carboxylic acids is 3. The Morgan fingerprint density at radius 3 is 2.74 bits per heavy atom. The van der Waals surface area contributed by atoms with Crippen LogP contribution in [0.2, 0.25) is 0 Å². The van der Waals surface area contributed by atoms with E-state index in [0.717, 1.165) is 12.0 Å². The summed E-state index contributed by atoms with van der Waals surface area (Å²) in [5, 5.41) is 0. The van der Waals surface area contributed by atoms with Crippen LogP contribution in [0.1, 0.15) is 52.4 Å². The molecule has 0 radical (unpaired) electrons. The molecule has 0 N–H and O–H groups in total. The van der Waals surface area contributed by atoms with E-state index in [1.807, 2.05) is 6.92 Å². The topological polar surface area (TPSA) is 78.9 Å². The van der Waals surface area contributed by atoms with Crippen molar-refractivity contribution in [2.24, 2.45) is 17.3 Å². The normalized spacial score (nSPS) is 34.7. The first-order chi connectivity index (χ1) is 12.8. The van der Waals surface area contributed by atoms with Gasteiger partial charge in [-0.3, -0.25) is 9.59 Å². The van der Waals surface area contributed by atoms with Gasteiger partial charge in [-0.25, -0.2) is 4.79 Å². The number of methoxy groups -OCH3 is 1. The van der Waals surface area contributed by atoms with Crippen LogP contribution in [0.25, 0.3) is 0 Å². The van der Waals surface area contributed by atoms with Crippen molar-refractivity contribution in [3.63, 3.8) is 0 Å². The molecule has 0 aromatic carbocycles. The Bertz CT molecular complexity index is 707. The Morgan fingerprint density at radius 2 is 2.15 bits per heavy atom. The van der Waals surface area contributed by atoms with E-state index in [0.29, 0.717) is 37.9 Å². The fourth-order valence-corrected chi connectivity index (χ4v) is 5.26. The molecular weight excluding hydrogens is 348 g/mol. The molecule has 1 saturated carbocycles. The van der Waals surface area contributed by atoms with Gasteiger partial charge in [0.1, 0.15) is 12.2 Å². The number of hydrogen-bond donors (Lipinski definition) is 0. The van der Waals surface area contributed by atoms with Crippen LogP contribution < -0.4 is 0 Å². The molecule has 2 aliphatic heterocycles. The van der Waals surface area contributed by atoms with Gasteiger partial charge in [0.25, 0.3) is 0 Å². The fourth-order valence-electron chi connectivity index (χ4n) is 5.26. The first-order valence-corrected chi connectivity index (χ1v) is 9.60. The Labute approximate surface area is 159 Å². The largest absolute Gasteiger partial charge is 0.469 e. The molecule has 148 valence electrons. The fraction of sp³-hybridized carbons (Fsp3) is 0.667. The van der Waals surface area contributed by atoms with Crippen molar-refractivity contribution in [1.29, 1.82) is 0 Å². The highest BCUT2D eigenvalue weighted by Gasteiger charge is 2.68. The lowest BCUT2D eigenvalue weighted by Crippen LogP contribution is -2.50. The molecule has 2 bridgehead atoms. The van der Waals surface area contributed by atoms with E-state index in [1.54, 1.807) is 6.08 Å². The molecule has 27 heavy (non-hydrogen) atoms. The SMILES string of the molecule is C=C(C)C12CCC(C)C(CCC3=CCOC3=O)(C(=O)O1)C2CCC(=O)OC. The van der Waals surface area contributed by atoms with Gasteiger partial charge in [-0.1, -0.05) is 13.5 Å². The number of hydrogen-bond acceptors (Lipinski definition) is 6. The van der Waals surface area contributed by atoms with Gasteiger partial charge in [0.2, 0.25) is 0 Å². The molecule has 0 aromatic heterocycles. The molecule has 4 atom stereocenters. The zero-order valence-corrected chi connectivity index (χ0v) is 16.3. The molecule has 3 aliphatic rings. The summed E-state index contributed by atoms with van der Waals surface area (Å²) in [5.41, 5.74) is -0.0228. The summed E-state index contributed by atoms with van der Waals surface area (Å²) in [7, 11) is 1.37. The average molecular weight is 376 g/mol. The second kappa shape index (κ2) is 7.13. The Hall–Kier alpha value is -2.11. The minimum atomic E-state index is -0.734. The van der Waals surface area contributed by atoms with Crippen LogP contribution in [0, 0.1) is 17.3 Å². The van der Waals surface area contributed by atoms with Gasteiger partial charge in [0, 0.05) is 17.9 Å². The molecule has 2 heterocycles.